The van der Waals surface area contributed by atoms with Gasteiger partial charge in [0.15, 0.2) is 0 Å². The average Bonchev–Trinajstić information content (AvgIpc) is 3.20. The summed E-state index contributed by atoms with van der Waals surface area (Å²) >= 11 is 1.35. The molecule has 4 atom stereocenters. The molecule has 1 aromatic heterocycles. The topological polar surface area (TPSA) is 109 Å². The standard InChI is InChI=1S/C17H22N2O4S/c1-2-3-10-7-11(14(18)20)16(24-10)19-15(21)12-8-4-5-9(6-8)13(12)17(22)23/h7-9,12-13H,2-6H2,1H3,(H2,18,20)(H,19,21)(H,22,23). The molecule has 0 aliphatic heterocycles. The lowest BCUT2D eigenvalue weighted by molar-refractivity contribution is -0.148. The Morgan fingerprint density at radius 2 is 1.96 bits per heavy atom. The predicted molar refractivity (Wildman–Crippen MR) is 90.9 cm³/mol. The number of thiophene rings is 1. The third-order valence-electron chi connectivity index (χ3n) is 5.29. The van der Waals surface area contributed by atoms with Gasteiger partial charge in [-0.25, -0.2) is 0 Å². The number of aryl methyl sites for hydroxylation is 1. The van der Waals surface area contributed by atoms with E-state index in [-0.39, 0.29) is 17.7 Å². The number of aliphatic carboxylic acids is 1. The maximum Gasteiger partial charge on any atom is 0.307 e. The molecule has 2 fully saturated rings. The summed E-state index contributed by atoms with van der Waals surface area (Å²) in [6.45, 7) is 2.04. The third-order valence-corrected chi connectivity index (χ3v) is 6.40. The highest BCUT2D eigenvalue weighted by molar-refractivity contribution is 7.16. The van der Waals surface area contributed by atoms with E-state index < -0.39 is 23.7 Å². The van der Waals surface area contributed by atoms with Crippen LogP contribution in [0.5, 0.6) is 0 Å². The van der Waals surface area contributed by atoms with Gasteiger partial charge in [0, 0.05) is 4.88 Å². The van der Waals surface area contributed by atoms with Crippen LogP contribution in [0, 0.1) is 23.7 Å². The number of hydrogen-bond acceptors (Lipinski definition) is 4. The molecule has 3 rings (SSSR count). The first-order chi connectivity index (χ1) is 11.4. The van der Waals surface area contributed by atoms with Crippen LogP contribution in [-0.4, -0.2) is 22.9 Å². The number of anilines is 1. The van der Waals surface area contributed by atoms with Crippen molar-refractivity contribution in [1.82, 2.24) is 0 Å². The smallest absolute Gasteiger partial charge is 0.307 e. The van der Waals surface area contributed by atoms with Gasteiger partial charge in [-0.2, -0.15) is 0 Å². The second kappa shape index (κ2) is 6.55. The van der Waals surface area contributed by atoms with Crippen molar-refractivity contribution in [3.63, 3.8) is 0 Å². The molecule has 0 aromatic carbocycles. The number of rotatable bonds is 6. The molecule has 130 valence electrons. The van der Waals surface area contributed by atoms with Crippen molar-refractivity contribution in [2.24, 2.45) is 29.4 Å². The molecular weight excluding hydrogens is 328 g/mol. The fraction of sp³-hybridized carbons (Fsp3) is 0.588. The monoisotopic (exact) mass is 350 g/mol. The number of amides is 2. The van der Waals surface area contributed by atoms with E-state index in [1.54, 1.807) is 6.07 Å². The third kappa shape index (κ3) is 2.92. The number of carbonyl (C=O) groups is 3. The van der Waals surface area contributed by atoms with Crippen molar-refractivity contribution in [2.45, 2.75) is 39.0 Å². The molecule has 0 spiro atoms. The normalized spacial score (nSPS) is 28.0. The van der Waals surface area contributed by atoms with Gasteiger partial charge >= 0.3 is 5.97 Å². The van der Waals surface area contributed by atoms with E-state index in [2.05, 4.69) is 5.32 Å². The molecule has 0 radical (unpaired) electrons. The number of hydrogen-bond donors (Lipinski definition) is 3. The molecule has 2 aliphatic rings. The van der Waals surface area contributed by atoms with E-state index in [0.29, 0.717) is 10.6 Å². The highest BCUT2D eigenvalue weighted by Crippen LogP contribution is 2.52. The van der Waals surface area contributed by atoms with Crippen LogP contribution in [0.25, 0.3) is 0 Å². The summed E-state index contributed by atoms with van der Waals surface area (Å²) in [5.74, 6) is -2.67. The lowest BCUT2D eigenvalue weighted by atomic mass is 9.79. The number of fused-ring (bicyclic) bond motifs is 2. The van der Waals surface area contributed by atoms with Gasteiger partial charge < -0.3 is 16.2 Å². The number of nitrogens with two attached hydrogens (primary N) is 1. The van der Waals surface area contributed by atoms with Gasteiger partial charge in [-0.05, 0) is 43.6 Å². The van der Waals surface area contributed by atoms with Crippen LogP contribution in [0.1, 0.15) is 47.8 Å². The molecular formula is C17H22N2O4S. The molecule has 2 aliphatic carbocycles. The Morgan fingerprint density at radius 3 is 2.54 bits per heavy atom. The van der Waals surface area contributed by atoms with Crippen LogP contribution < -0.4 is 11.1 Å². The van der Waals surface area contributed by atoms with Gasteiger partial charge in [-0.3, -0.25) is 14.4 Å². The zero-order valence-electron chi connectivity index (χ0n) is 13.6. The Morgan fingerprint density at radius 1 is 1.29 bits per heavy atom. The average molecular weight is 350 g/mol. The van der Waals surface area contributed by atoms with Crippen LogP contribution in [0.15, 0.2) is 6.07 Å². The van der Waals surface area contributed by atoms with Crippen LogP contribution in [0.3, 0.4) is 0 Å². The highest BCUT2D eigenvalue weighted by atomic mass is 32.1. The largest absolute Gasteiger partial charge is 0.481 e. The van der Waals surface area contributed by atoms with E-state index in [4.69, 9.17) is 5.73 Å². The van der Waals surface area contributed by atoms with E-state index in [1.807, 2.05) is 6.92 Å². The lowest BCUT2D eigenvalue weighted by Gasteiger charge is -2.26. The molecule has 4 unspecified atom stereocenters. The zero-order valence-corrected chi connectivity index (χ0v) is 14.4. The Labute approximate surface area is 144 Å². The maximum absolute atomic E-state index is 12.7. The summed E-state index contributed by atoms with van der Waals surface area (Å²) in [4.78, 5) is 36.9. The first kappa shape index (κ1) is 17.0. The first-order valence-corrected chi connectivity index (χ1v) is 9.20. The summed E-state index contributed by atoms with van der Waals surface area (Å²) in [6, 6.07) is 1.72. The second-order valence-corrected chi connectivity index (χ2v) is 7.92. The summed E-state index contributed by atoms with van der Waals surface area (Å²) in [7, 11) is 0. The number of primary amides is 1. The summed E-state index contributed by atoms with van der Waals surface area (Å²) in [5.41, 5.74) is 5.72. The predicted octanol–water partition coefficient (Wildman–Crippen LogP) is 2.48. The van der Waals surface area contributed by atoms with Gasteiger partial charge in [-0.1, -0.05) is 13.3 Å². The molecule has 2 saturated carbocycles. The first-order valence-electron chi connectivity index (χ1n) is 8.38. The Balaban J connectivity index is 1.82. The second-order valence-electron chi connectivity index (χ2n) is 6.78. The van der Waals surface area contributed by atoms with E-state index in [9.17, 15) is 19.5 Å². The van der Waals surface area contributed by atoms with Gasteiger partial charge in [0.2, 0.25) is 5.91 Å². The molecule has 7 heteroatoms. The molecule has 1 heterocycles. The molecule has 24 heavy (non-hydrogen) atoms. The fourth-order valence-electron chi connectivity index (χ4n) is 4.31. The Kier molecular flexibility index (Phi) is 4.62. The van der Waals surface area contributed by atoms with Crippen molar-refractivity contribution >= 4 is 34.1 Å². The minimum Gasteiger partial charge on any atom is -0.481 e. The van der Waals surface area contributed by atoms with Crippen LogP contribution in [0.2, 0.25) is 0 Å². The minimum absolute atomic E-state index is 0.0952. The van der Waals surface area contributed by atoms with Gasteiger partial charge in [0.1, 0.15) is 5.00 Å². The molecule has 1 aromatic rings. The van der Waals surface area contributed by atoms with Crippen molar-refractivity contribution < 1.29 is 19.5 Å². The maximum atomic E-state index is 12.7. The van der Waals surface area contributed by atoms with Crippen molar-refractivity contribution in [1.29, 1.82) is 0 Å². The molecule has 6 nitrogen and oxygen atoms in total. The quantitative estimate of drug-likeness (QED) is 0.732. The molecule has 2 bridgehead atoms. The zero-order chi connectivity index (χ0) is 17.4. The number of carboxylic acid groups (broad SMARTS) is 1. The number of nitrogens with one attached hydrogen (secondary N) is 1. The SMILES string of the molecule is CCCc1cc(C(N)=O)c(NC(=O)C2C3CCC(C3)C2C(=O)O)s1. The summed E-state index contributed by atoms with van der Waals surface area (Å²) in [5, 5.41) is 12.7. The number of carboxylic acids is 1. The Hall–Kier alpha value is -1.89. The van der Waals surface area contributed by atoms with E-state index >= 15 is 0 Å². The van der Waals surface area contributed by atoms with Crippen LogP contribution >= 0.6 is 11.3 Å². The van der Waals surface area contributed by atoms with E-state index in [1.165, 1.54) is 11.3 Å². The lowest BCUT2D eigenvalue weighted by Crippen LogP contribution is -2.38. The van der Waals surface area contributed by atoms with Crippen molar-refractivity contribution in [2.75, 3.05) is 5.32 Å². The molecule has 0 saturated heterocycles. The Bertz CT molecular complexity index is 684. The van der Waals surface area contributed by atoms with Crippen LogP contribution in [0.4, 0.5) is 5.00 Å². The van der Waals surface area contributed by atoms with Gasteiger partial charge in [-0.15, -0.1) is 11.3 Å². The van der Waals surface area contributed by atoms with Gasteiger partial charge in [0.25, 0.3) is 5.91 Å². The molecule has 2 amide bonds. The van der Waals surface area contributed by atoms with Crippen molar-refractivity contribution in [3.05, 3.63) is 16.5 Å². The van der Waals surface area contributed by atoms with Gasteiger partial charge in [0.05, 0.1) is 17.4 Å². The summed E-state index contributed by atoms with van der Waals surface area (Å²) < 4.78 is 0. The van der Waals surface area contributed by atoms with Crippen LogP contribution in [-0.2, 0) is 16.0 Å². The molecule has 4 N–H and O–H groups in total. The highest BCUT2D eigenvalue weighted by Gasteiger charge is 2.54. The van der Waals surface area contributed by atoms with E-state index in [0.717, 1.165) is 37.0 Å². The fourth-order valence-corrected chi connectivity index (χ4v) is 5.47. The van der Waals surface area contributed by atoms with Crippen molar-refractivity contribution in [3.8, 4) is 0 Å². The minimum atomic E-state index is -0.893. The number of carbonyl (C=O) groups excluding carboxylic acids is 2. The summed E-state index contributed by atoms with van der Waals surface area (Å²) in [6.07, 6.45) is 4.34.